The zero-order valence-corrected chi connectivity index (χ0v) is 14.9. The number of ether oxygens (including phenoxy) is 1. The molecule has 0 heterocycles. The minimum Gasteiger partial charge on any atom is -0.456 e. The van der Waals surface area contributed by atoms with Gasteiger partial charge in [0.05, 0.1) is 5.02 Å². The minimum atomic E-state index is 0.271. The summed E-state index contributed by atoms with van der Waals surface area (Å²) < 4.78 is 6.79. The second kappa shape index (κ2) is 7.50. The first-order valence-electron chi connectivity index (χ1n) is 6.67. The van der Waals surface area contributed by atoms with Crippen molar-refractivity contribution in [3.8, 4) is 11.5 Å². The zero-order valence-electron chi connectivity index (χ0n) is 11.8. The average molecular weight is 389 g/mol. The average Bonchev–Trinajstić information content (AvgIpc) is 2.43. The maximum atomic E-state index is 6.10. The van der Waals surface area contributed by atoms with Crippen molar-refractivity contribution >= 4 is 39.1 Å². The number of nitrogens with one attached hydrogen (secondary N) is 1. The van der Waals surface area contributed by atoms with E-state index in [-0.39, 0.29) is 6.04 Å². The Morgan fingerprint density at radius 2 is 1.95 bits per heavy atom. The summed E-state index contributed by atoms with van der Waals surface area (Å²) in [5, 5.41) is 4.50. The minimum absolute atomic E-state index is 0.271. The van der Waals surface area contributed by atoms with Gasteiger partial charge in [-0.15, -0.1) is 0 Å². The summed E-state index contributed by atoms with van der Waals surface area (Å²) in [7, 11) is 0. The molecule has 5 heteroatoms. The number of hydrogen-bond acceptors (Lipinski definition) is 2. The number of benzene rings is 2. The Hall–Kier alpha value is -0.740. The molecule has 1 atom stereocenters. The van der Waals surface area contributed by atoms with Crippen LogP contribution in [0.5, 0.6) is 11.5 Å². The van der Waals surface area contributed by atoms with Gasteiger partial charge in [0.1, 0.15) is 11.5 Å². The van der Waals surface area contributed by atoms with E-state index >= 15 is 0 Å². The molecule has 2 aromatic rings. The lowest BCUT2D eigenvalue weighted by atomic mass is 10.1. The van der Waals surface area contributed by atoms with E-state index in [1.165, 1.54) is 5.56 Å². The molecule has 0 aliphatic rings. The van der Waals surface area contributed by atoms with E-state index < -0.39 is 0 Å². The highest BCUT2D eigenvalue weighted by molar-refractivity contribution is 9.10. The largest absolute Gasteiger partial charge is 0.456 e. The molecule has 0 fully saturated rings. The second-order valence-corrected chi connectivity index (χ2v) is 6.34. The van der Waals surface area contributed by atoms with Crippen molar-refractivity contribution < 1.29 is 4.74 Å². The Labute approximate surface area is 143 Å². The first kappa shape index (κ1) is 16.6. The van der Waals surface area contributed by atoms with Crippen LogP contribution in [0.15, 0.2) is 40.9 Å². The van der Waals surface area contributed by atoms with Crippen molar-refractivity contribution in [1.82, 2.24) is 5.32 Å². The van der Waals surface area contributed by atoms with Gasteiger partial charge in [0.25, 0.3) is 0 Å². The standard InChI is InChI=1S/C16H16BrCl2NO/c1-3-20-10(2)13-6-5-12(9-14(13)17)21-16-8-11(18)4-7-15(16)19/h4-10,20H,3H2,1-2H3. The molecule has 112 valence electrons. The quantitative estimate of drug-likeness (QED) is 0.656. The van der Waals surface area contributed by atoms with Gasteiger partial charge >= 0.3 is 0 Å². The summed E-state index contributed by atoms with van der Waals surface area (Å²) in [6.45, 7) is 5.13. The van der Waals surface area contributed by atoms with Crippen LogP contribution in [-0.2, 0) is 0 Å². The van der Waals surface area contributed by atoms with Crippen LogP contribution in [0.3, 0.4) is 0 Å². The van der Waals surface area contributed by atoms with Crippen LogP contribution in [0.4, 0.5) is 0 Å². The number of hydrogen-bond donors (Lipinski definition) is 1. The van der Waals surface area contributed by atoms with Gasteiger partial charge in [-0.2, -0.15) is 0 Å². The van der Waals surface area contributed by atoms with Gasteiger partial charge in [0.2, 0.25) is 0 Å². The van der Waals surface area contributed by atoms with Gasteiger partial charge in [-0.3, -0.25) is 0 Å². The van der Waals surface area contributed by atoms with Gasteiger partial charge in [0, 0.05) is 21.6 Å². The zero-order chi connectivity index (χ0) is 15.4. The van der Waals surface area contributed by atoms with E-state index in [1.54, 1.807) is 18.2 Å². The number of halogens is 3. The highest BCUT2D eigenvalue weighted by Crippen LogP contribution is 2.34. The summed E-state index contributed by atoms with van der Waals surface area (Å²) in [6, 6.07) is 11.3. The Kier molecular flexibility index (Phi) is 5.94. The first-order valence-corrected chi connectivity index (χ1v) is 8.22. The Bertz CT molecular complexity index is 634. The molecule has 0 radical (unpaired) electrons. The Morgan fingerprint density at radius 3 is 2.62 bits per heavy atom. The van der Waals surface area contributed by atoms with Gasteiger partial charge in [0.15, 0.2) is 0 Å². The lowest BCUT2D eigenvalue weighted by molar-refractivity contribution is 0.481. The molecule has 1 unspecified atom stereocenters. The molecule has 0 aromatic heterocycles. The first-order chi connectivity index (χ1) is 10.0. The van der Waals surface area contributed by atoms with E-state index in [2.05, 4.69) is 35.1 Å². The monoisotopic (exact) mass is 387 g/mol. The molecular weight excluding hydrogens is 373 g/mol. The van der Waals surface area contributed by atoms with E-state index in [0.717, 1.165) is 11.0 Å². The molecular formula is C16H16BrCl2NO. The lowest BCUT2D eigenvalue weighted by Gasteiger charge is -2.16. The van der Waals surface area contributed by atoms with Crippen LogP contribution in [0.25, 0.3) is 0 Å². The fourth-order valence-corrected chi connectivity index (χ4v) is 3.04. The summed E-state index contributed by atoms with van der Waals surface area (Å²) in [6.07, 6.45) is 0. The topological polar surface area (TPSA) is 21.3 Å². The van der Waals surface area contributed by atoms with Crippen molar-refractivity contribution in [2.24, 2.45) is 0 Å². The van der Waals surface area contributed by atoms with E-state index in [9.17, 15) is 0 Å². The van der Waals surface area contributed by atoms with Crippen LogP contribution in [0.1, 0.15) is 25.5 Å². The van der Waals surface area contributed by atoms with Crippen LogP contribution >= 0.6 is 39.1 Å². The predicted molar refractivity (Wildman–Crippen MR) is 92.8 cm³/mol. The fourth-order valence-electron chi connectivity index (χ4n) is 2.02. The third kappa shape index (κ3) is 4.36. The highest BCUT2D eigenvalue weighted by atomic mass is 79.9. The molecule has 0 aliphatic heterocycles. The molecule has 2 nitrogen and oxygen atoms in total. The van der Waals surface area contributed by atoms with Gasteiger partial charge < -0.3 is 10.1 Å². The van der Waals surface area contributed by atoms with Gasteiger partial charge in [-0.1, -0.05) is 52.1 Å². The number of rotatable bonds is 5. The van der Waals surface area contributed by atoms with Gasteiger partial charge in [-0.05, 0) is 43.3 Å². The third-order valence-electron chi connectivity index (χ3n) is 3.07. The van der Waals surface area contributed by atoms with E-state index in [0.29, 0.717) is 21.5 Å². The predicted octanol–water partition coefficient (Wildman–Crippen LogP) is 6.22. The lowest BCUT2D eigenvalue weighted by Crippen LogP contribution is -2.17. The molecule has 0 aliphatic carbocycles. The summed E-state index contributed by atoms with van der Waals surface area (Å²) in [4.78, 5) is 0. The van der Waals surface area contributed by atoms with Crippen molar-refractivity contribution in [3.05, 3.63) is 56.5 Å². The maximum Gasteiger partial charge on any atom is 0.147 e. The molecule has 2 rings (SSSR count). The third-order valence-corrected chi connectivity index (χ3v) is 4.30. The molecule has 21 heavy (non-hydrogen) atoms. The molecule has 0 spiro atoms. The fraction of sp³-hybridized carbons (Fsp3) is 0.250. The van der Waals surface area contributed by atoms with Gasteiger partial charge in [-0.25, -0.2) is 0 Å². The van der Waals surface area contributed by atoms with Crippen LogP contribution in [0.2, 0.25) is 10.0 Å². The van der Waals surface area contributed by atoms with Crippen LogP contribution in [-0.4, -0.2) is 6.54 Å². The molecule has 0 saturated heterocycles. The second-order valence-electron chi connectivity index (χ2n) is 4.64. The summed E-state index contributed by atoms with van der Waals surface area (Å²) in [5.41, 5.74) is 1.18. The van der Waals surface area contributed by atoms with E-state index in [1.807, 2.05) is 18.2 Å². The van der Waals surface area contributed by atoms with Crippen molar-refractivity contribution in [1.29, 1.82) is 0 Å². The van der Waals surface area contributed by atoms with Crippen molar-refractivity contribution in [3.63, 3.8) is 0 Å². The SMILES string of the molecule is CCNC(C)c1ccc(Oc2cc(Cl)ccc2Cl)cc1Br. The van der Waals surface area contributed by atoms with E-state index in [4.69, 9.17) is 27.9 Å². The Balaban J connectivity index is 2.22. The van der Waals surface area contributed by atoms with Crippen molar-refractivity contribution in [2.45, 2.75) is 19.9 Å². The van der Waals surface area contributed by atoms with Crippen LogP contribution in [0, 0.1) is 0 Å². The maximum absolute atomic E-state index is 6.10. The summed E-state index contributed by atoms with van der Waals surface area (Å²) in [5.74, 6) is 1.25. The summed E-state index contributed by atoms with van der Waals surface area (Å²) >= 11 is 15.6. The van der Waals surface area contributed by atoms with Crippen LogP contribution < -0.4 is 10.1 Å². The molecule has 0 bridgehead atoms. The molecule has 1 N–H and O–H groups in total. The Morgan fingerprint density at radius 1 is 1.19 bits per heavy atom. The highest BCUT2D eigenvalue weighted by Gasteiger charge is 2.10. The molecule has 0 saturated carbocycles. The smallest absolute Gasteiger partial charge is 0.147 e. The molecule has 2 aromatic carbocycles. The van der Waals surface area contributed by atoms with Crippen molar-refractivity contribution in [2.75, 3.05) is 6.54 Å². The normalized spacial score (nSPS) is 12.2. The molecule has 0 amide bonds.